The van der Waals surface area contributed by atoms with E-state index in [0.717, 1.165) is 4.57 Å². The number of hydrogen-bond donors (Lipinski definition) is 3. The van der Waals surface area contributed by atoms with Crippen LogP contribution in [-0.2, 0) is 51.2 Å². The molecule has 3 N–H and O–H groups in total. The summed E-state index contributed by atoms with van der Waals surface area (Å²) in [5, 5.41) is -0.283. The number of nitrogens with one attached hydrogen (secondary N) is 2. The van der Waals surface area contributed by atoms with Crippen LogP contribution >= 0.6 is 15.6 Å². The molecule has 0 aliphatic carbocycles. The van der Waals surface area contributed by atoms with Gasteiger partial charge in [0, 0.05) is 36.4 Å². The molecular weight excluding hydrogens is 1020 g/mol. The molecule has 0 spiro atoms. The number of phosphoric ester groups is 2. The van der Waals surface area contributed by atoms with Gasteiger partial charge in [-0.15, -0.1) is 6.58 Å². The Morgan fingerprint density at radius 3 is 1.68 bits per heavy atom. The molecule has 74 heavy (non-hydrogen) atoms. The summed E-state index contributed by atoms with van der Waals surface area (Å²) >= 11 is 0. The van der Waals surface area contributed by atoms with E-state index in [0.29, 0.717) is 28.2 Å². The Bertz CT molecular complexity index is 3050. The van der Waals surface area contributed by atoms with Crippen LogP contribution in [0.3, 0.4) is 0 Å². The first kappa shape index (κ1) is 56.4. The minimum Gasteiger partial charge on any atom is -0.497 e. The smallest absolute Gasteiger partial charge is 0.484 e. The maximum Gasteiger partial charge on any atom is 0.484 e. The summed E-state index contributed by atoms with van der Waals surface area (Å²) in [7, 11) is -10.1. The second-order valence-electron chi connectivity index (χ2n) is 19.4. The van der Waals surface area contributed by atoms with Gasteiger partial charge in [-0.25, -0.2) is 18.7 Å². The Hall–Kier alpha value is -5.32. The van der Waals surface area contributed by atoms with Crippen molar-refractivity contribution in [1.29, 1.82) is 0 Å². The topological polar surface area (TPSA) is 256 Å². The van der Waals surface area contributed by atoms with Crippen LogP contribution in [0, 0.1) is 13.8 Å². The molecule has 2 fully saturated rings. The van der Waals surface area contributed by atoms with E-state index in [4.69, 9.17) is 46.0 Å². The predicted octanol–water partition coefficient (Wildman–Crippen LogP) is 7.52. The molecule has 0 amide bonds. The van der Waals surface area contributed by atoms with Crippen LogP contribution in [0.2, 0.25) is 18.1 Å². The third-order valence-corrected chi connectivity index (χ3v) is 21.0. The number of aromatic nitrogens is 4. The van der Waals surface area contributed by atoms with Gasteiger partial charge in [-0.3, -0.25) is 42.3 Å². The fourth-order valence-corrected chi connectivity index (χ4v) is 12.6. The zero-order valence-corrected chi connectivity index (χ0v) is 45.5. The Kier molecular flexibility index (Phi) is 17.4. The van der Waals surface area contributed by atoms with Gasteiger partial charge in [0.1, 0.15) is 47.9 Å². The standard InChI is InChI=1S/C50H64N4O17P2Si/c1-11-25-65-73(61,71-72(59,60)66-31-42-40(70-74(9,10)49(4,5)6)27-44(68-42)54-29-33(3)46(56)52-48(54)58)69-39-26-43(53-28-32(2)45(55)51-47(53)57)67-41(39)30-64-50(34-15-13-12-14-16-34,35-17-21-37(62-7)22-18-35)36-19-23-38(63-8)24-20-36/h11-24,28-29,39-44H,1,25-27,30-31H2,2-10H3,(H,59,60)(H,51,55,57)(H,52,56,58)/t39-,40-,41+,42+,43+,44+,73?/m0/s1. The van der Waals surface area contributed by atoms with E-state index in [2.05, 4.69) is 16.5 Å². The first-order valence-corrected chi connectivity index (χ1v) is 29.6. The number of phosphoric acid groups is 2. The highest BCUT2D eigenvalue weighted by Gasteiger charge is 2.50. The van der Waals surface area contributed by atoms with Gasteiger partial charge < -0.3 is 33.0 Å². The SMILES string of the molecule is C=CCOP(=O)(O[C@H]1C[C@H](n2cc(C)c(=O)[nH]c2=O)O[C@@H]1COC(c1ccccc1)(c1ccc(OC)cc1)c1ccc(OC)cc1)OP(=O)(O)OC[C@H]1O[C@@H](n2cc(C)c(=O)[nH]c2=O)C[C@@H]1O[Si](C)(C)C(C)(C)C. The quantitative estimate of drug-likeness (QED) is 0.0262. The molecule has 24 heteroatoms. The van der Waals surface area contributed by atoms with Gasteiger partial charge in [0.25, 0.3) is 11.1 Å². The van der Waals surface area contributed by atoms with Gasteiger partial charge in [-0.2, -0.15) is 4.31 Å². The van der Waals surface area contributed by atoms with Crippen molar-refractivity contribution in [3.05, 3.63) is 173 Å². The first-order valence-electron chi connectivity index (χ1n) is 23.8. The number of aromatic amines is 2. The monoisotopic (exact) mass is 1080 g/mol. The van der Waals surface area contributed by atoms with Crippen molar-refractivity contribution in [2.75, 3.05) is 34.0 Å². The number of methoxy groups -OCH3 is 2. The van der Waals surface area contributed by atoms with Gasteiger partial charge in [0.15, 0.2) is 8.32 Å². The van der Waals surface area contributed by atoms with Crippen LogP contribution in [-0.4, -0.2) is 90.8 Å². The highest BCUT2D eigenvalue weighted by molar-refractivity contribution is 7.61. The number of ether oxygens (including phenoxy) is 5. The third-order valence-electron chi connectivity index (χ3n) is 13.4. The normalized spacial score (nSPS) is 22.0. The fourth-order valence-electron chi connectivity index (χ4n) is 8.41. The Morgan fingerprint density at radius 2 is 1.20 bits per heavy atom. The zero-order valence-electron chi connectivity index (χ0n) is 42.7. The van der Waals surface area contributed by atoms with Crippen molar-refractivity contribution >= 4 is 24.0 Å². The summed E-state index contributed by atoms with van der Waals surface area (Å²) in [5.41, 5.74) is -1.70. The van der Waals surface area contributed by atoms with Crippen molar-refractivity contribution in [3.63, 3.8) is 0 Å². The first-order chi connectivity index (χ1) is 34.9. The largest absolute Gasteiger partial charge is 0.497 e. The average Bonchev–Trinajstić information content (AvgIpc) is 3.95. The van der Waals surface area contributed by atoms with Gasteiger partial charge in [0.2, 0.25) is 0 Å². The molecule has 4 heterocycles. The van der Waals surface area contributed by atoms with E-state index in [9.17, 15) is 33.2 Å². The molecule has 400 valence electrons. The third kappa shape index (κ3) is 12.7. The second-order valence-corrected chi connectivity index (χ2v) is 27.4. The number of nitrogens with zero attached hydrogens (tertiary/aromatic N) is 2. The van der Waals surface area contributed by atoms with E-state index < -0.39 is 102 Å². The molecule has 21 nitrogen and oxygen atoms in total. The lowest BCUT2D eigenvalue weighted by atomic mass is 9.80. The average molecular weight is 1080 g/mol. The lowest BCUT2D eigenvalue weighted by molar-refractivity contribution is -0.0939. The number of H-pyrrole nitrogens is 2. The maximum absolute atomic E-state index is 14.9. The van der Waals surface area contributed by atoms with E-state index >= 15 is 0 Å². The number of aryl methyl sites for hydroxylation is 2. The van der Waals surface area contributed by atoms with Crippen molar-refractivity contribution in [2.24, 2.45) is 0 Å². The Balaban J connectivity index is 1.22. The molecule has 8 atom stereocenters. The van der Waals surface area contributed by atoms with E-state index in [-0.39, 0.29) is 35.6 Å². The summed E-state index contributed by atoms with van der Waals surface area (Å²) in [6, 6.07) is 23.9. The second kappa shape index (κ2) is 22.9. The molecule has 0 radical (unpaired) electrons. The van der Waals surface area contributed by atoms with Crippen LogP contribution in [0.4, 0.5) is 0 Å². The fraction of sp³-hybridized carbons (Fsp3) is 0.440. The number of benzene rings is 3. The minimum absolute atomic E-state index is 0.0965. The van der Waals surface area contributed by atoms with Crippen LogP contribution in [0.1, 0.15) is 73.9 Å². The van der Waals surface area contributed by atoms with E-state index in [1.54, 1.807) is 38.5 Å². The van der Waals surface area contributed by atoms with Crippen molar-refractivity contribution in [2.45, 2.75) is 108 Å². The molecular formula is C50H64N4O17P2Si. The lowest BCUT2D eigenvalue weighted by Gasteiger charge is -2.39. The summed E-state index contributed by atoms with van der Waals surface area (Å²) in [6.45, 7) is 15.2. The van der Waals surface area contributed by atoms with E-state index in [1.807, 2.05) is 88.5 Å². The van der Waals surface area contributed by atoms with Crippen molar-refractivity contribution in [3.8, 4) is 11.5 Å². The molecule has 3 aromatic carbocycles. The maximum atomic E-state index is 14.9. The molecule has 0 bridgehead atoms. The van der Waals surface area contributed by atoms with Crippen molar-refractivity contribution < 1.29 is 60.0 Å². The van der Waals surface area contributed by atoms with E-state index in [1.165, 1.54) is 36.9 Å². The Morgan fingerprint density at radius 1 is 0.730 bits per heavy atom. The van der Waals surface area contributed by atoms with Gasteiger partial charge in [0.05, 0.1) is 40.1 Å². The summed E-state index contributed by atoms with van der Waals surface area (Å²) in [4.78, 5) is 67.0. The number of rotatable bonds is 22. The summed E-state index contributed by atoms with van der Waals surface area (Å²) in [6.07, 6.45) is -2.93. The summed E-state index contributed by atoms with van der Waals surface area (Å²) in [5.74, 6) is 1.17. The summed E-state index contributed by atoms with van der Waals surface area (Å²) < 4.78 is 91.5. The van der Waals surface area contributed by atoms with Crippen LogP contribution in [0.5, 0.6) is 11.5 Å². The molecule has 2 aliphatic heterocycles. The molecule has 0 saturated carbocycles. The molecule has 7 rings (SSSR count). The minimum atomic E-state index is -5.45. The van der Waals surface area contributed by atoms with Crippen LogP contribution in [0.15, 0.2) is 123 Å². The number of hydrogen-bond acceptors (Lipinski definition) is 16. The van der Waals surface area contributed by atoms with Crippen molar-refractivity contribution in [1.82, 2.24) is 19.1 Å². The highest BCUT2D eigenvalue weighted by Crippen LogP contribution is 2.65. The molecule has 2 aliphatic rings. The Labute approximate surface area is 428 Å². The van der Waals surface area contributed by atoms with Crippen LogP contribution < -0.4 is 32.0 Å². The molecule has 5 aromatic rings. The predicted molar refractivity (Wildman–Crippen MR) is 275 cm³/mol. The molecule has 2 saturated heterocycles. The van der Waals surface area contributed by atoms with Gasteiger partial charge in [-0.05, 0) is 72.9 Å². The highest BCUT2D eigenvalue weighted by atomic mass is 31.3. The zero-order chi connectivity index (χ0) is 53.8. The van der Waals surface area contributed by atoms with Gasteiger partial charge >= 0.3 is 27.0 Å². The molecule has 2 aromatic heterocycles. The van der Waals surface area contributed by atoms with Crippen LogP contribution in [0.25, 0.3) is 0 Å². The lowest BCUT2D eigenvalue weighted by Crippen LogP contribution is -2.46. The van der Waals surface area contributed by atoms with Gasteiger partial charge in [-0.1, -0.05) is 81.4 Å². The molecule has 2 unspecified atom stereocenters.